The highest BCUT2D eigenvalue weighted by atomic mass is 28.4. The fourth-order valence-corrected chi connectivity index (χ4v) is 4.88. The van der Waals surface area contributed by atoms with Crippen molar-refractivity contribution in [3.8, 4) is 0 Å². The van der Waals surface area contributed by atoms with Crippen molar-refractivity contribution in [2.45, 2.75) is 38.8 Å². The van der Waals surface area contributed by atoms with Gasteiger partial charge in [0.1, 0.15) is 0 Å². The van der Waals surface area contributed by atoms with E-state index in [1.54, 1.807) is 0 Å². The van der Waals surface area contributed by atoms with E-state index in [9.17, 15) is 0 Å². The van der Waals surface area contributed by atoms with Gasteiger partial charge in [0.15, 0.2) is 0 Å². The molecule has 88 valence electrons. The van der Waals surface area contributed by atoms with E-state index >= 15 is 0 Å². The van der Waals surface area contributed by atoms with E-state index in [-0.39, 0.29) is 0 Å². The maximum absolute atomic E-state index is 5.90. The molecule has 0 unspecified atom stereocenters. The van der Waals surface area contributed by atoms with Gasteiger partial charge in [-0.2, -0.15) is 0 Å². The Kier molecular flexibility index (Phi) is 8.66. The third-order valence-electron chi connectivity index (χ3n) is 2.27. The van der Waals surface area contributed by atoms with Gasteiger partial charge in [-0.3, -0.25) is 0 Å². The lowest BCUT2D eigenvalue weighted by atomic mass is 10.5. The van der Waals surface area contributed by atoms with Crippen molar-refractivity contribution >= 4 is 8.56 Å². The zero-order chi connectivity index (χ0) is 11.6. The predicted molar refractivity (Wildman–Crippen MR) is 68.2 cm³/mol. The number of allylic oxidation sites excluding steroid dienone is 2. The van der Waals surface area contributed by atoms with Crippen LogP contribution in [0.4, 0.5) is 0 Å². The van der Waals surface area contributed by atoms with E-state index in [1.807, 2.05) is 26.0 Å². The summed E-state index contributed by atoms with van der Waals surface area (Å²) in [6.45, 7) is 13.0. The van der Waals surface area contributed by atoms with Crippen LogP contribution in [-0.2, 0) is 8.85 Å². The van der Waals surface area contributed by atoms with Gasteiger partial charge >= 0.3 is 8.56 Å². The average molecular weight is 228 g/mol. The Hall–Kier alpha value is -0.383. The van der Waals surface area contributed by atoms with E-state index in [4.69, 9.17) is 8.85 Å². The van der Waals surface area contributed by atoms with Gasteiger partial charge in [-0.25, -0.2) is 0 Å². The van der Waals surface area contributed by atoms with Crippen LogP contribution in [0.1, 0.15) is 26.7 Å². The molecule has 0 radical (unpaired) electrons. The van der Waals surface area contributed by atoms with E-state index in [1.165, 1.54) is 0 Å². The summed E-state index contributed by atoms with van der Waals surface area (Å²) in [5.74, 6) is 0. The summed E-state index contributed by atoms with van der Waals surface area (Å²) in [7, 11) is -1.98. The van der Waals surface area contributed by atoms with Crippen molar-refractivity contribution in [3.05, 3.63) is 25.3 Å². The molecular weight excluding hydrogens is 204 g/mol. The summed E-state index contributed by atoms with van der Waals surface area (Å²) in [5, 5.41) is 0. The first-order valence-corrected chi connectivity index (χ1v) is 7.97. The molecule has 0 aliphatic carbocycles. The molecule has 2 nitrogen and oxygen atoms in total. The van der Waals surface area contributed by atoms with Crippen molar-refractivity contribution in [1.29, 1.82) is 0 Å². The Labute approximate surface area is 95.2 Å². The van der Waals surface area contributed by atoms with Crippen LogP contribution < -0.4 is 0 Å². The Bertz CT molecular complexity index is 160. The van der Waals surface area contributed by atoms with Crippen LogP contribution in [0.3, 0.4) is 0 Å². The Morgan fingerprint density at radius 2 is 1.33 bits per heavy atom. The highest BCUT2D eigenvalue weighted by Gasteiger charge is 2.35. The normalized spacial score (nSPS) is 11.3. The molecule has 3 heteroatoms. The maximum Gasteiger partial charge on any atom is 0.338 e. The molecule has 0 aliphatic rings. The molecule has 0 aromatic carbocycles. The fourth-order valence-electron chi connectivity index (χ4n) is 1.63. The average Bonchev–Trinajstić information content (AvgIpc) is 2.24. The third-order valence-corrected chi connectivity index (χ3v) is 6.00. The van der Waals surface area contributed by atoms with Gasteiger partial charge in [0.2, 0.25) is 0 Å². The van der Waals surface area contributed by atoms with E-state index < -0.39 is 8.56 Å². The Balaban J connectivity index is 4.38. The quantitative estimate of drug-likeness (QED) is 0.420. The molecule has 0 rings (SSSR count). The van der Waals surface area contributed by atoms with Crippen molar-refractivity contribution in [2.75, 3.05) is 13.2 Å². The lowest BCUT2D eigenvalue weighted by molar-refractivity contribution is 0.182. The van der Waals surface area contributed by atoms with Gasteiger partial charge in [0.05, 0.1) is 0 Å². The SMILES string of the molecule is C=CCC[Si](CCC=C)(OCC)OCC. The molecule has 0 saturated heterocycles. The van der Waals surface area contributed by atoms with Gasteiger partial charge in [-0.1, -0.05) is 12.2 Å². The maximum atomic E-state index is 5.90. The summed E-state index contributed by atoms with van der Waals surface area (Å²) >= 11 is 0. The highest BCUT2D eigenvalue weighted by molar-refractivity contribution is 6.67. The molecule has 0 heterocycles. The van der Waals surface area contributed by atoms with Gasteiger partial charge in [0, 0.05) is 13.2 Å². The molecule has 0 N–H and O–H groups in total. The molecule has 0 aliphatic heterocycles. The van der Waals surface area contributed by atoms with Crippen LogP contribution in [0, 0.1) is 0 Å². The van der Waals surface area contributed by atoms with Gasteiger partial charge in [0.25, 0.3) is 0 Å². The van der Waals surface area contributed by atoms with Crippen molar-refractivity contribution in [1.82, 2.24) is 0 Å². The van der Waals surface area contributed by atoms with Crippen LogP contribution in [0.2, 0.25) is 12.1 Å². The first-order valence-electron chi connectivity index (χ1n) is 5.74. The summed E-state index contributed by atoms with van der Waals surface area (Å²) in [4.78, 5) is 0. The molecule has 0 aromatic heterocycles. The molecule has 0 fully saturated rings. The minimum atomic E-state index is -1.98. The van der Waals surface area contributed by atoms with Crippen LogP contribution in [0.15, 0.2) is 25.3 Å². The van der Waals surface area contributed by atoms with Gasteiger partial charge < -0.3 is 8.85 Å². The zero-order valence-corrected chi connectivity index (χ0v) is 11.1. The molecule has 0 aromatic rings. The first kappa shape index (κ1) is 14.6. The van der Waals surface area contributed by atoms with Crippen molar-refractivity contribution < 1.29 is 8.85 Å². The van der Waals surface area contributed by atoms with Crippen molar-refractivity contribution in [2.24, 2.45) is 0 Å². The fraction of sp³-hybridized carbons (Fsp3) is 0.667. The molecule has 0 atom stereocenters. The number of rotatable bonds is 10. The standard InChI is InChI=1S/C12H24O2Si/c1-5-9-11-15(13-7-3,14-8-4)12-10-6-2/h5-6H,1-2,7-12H2,3-4H3. The summed E-state index contributed by atoms with van der Waals surface area (Å²) < 4.78 is 11.8. The smallest absolute Gasteiger partial charge is 0.338 e. The van der Waals surface area contributed by atoms with Crippen LogP contribution >= 0.6 is 0 Å². The minimum Gasteiger partial charge on any atom is -0.394 e. The second-order valence-corrected chi connectivity index (χ2v) is 6.83. The van der Waals surface area contributed by atoms with Gasteiger partial charge in [-0.05, 0) is 38.8 Å². The summed E-state index contributed by atoms with van der Waals surface area (Å²) in [5.41, 5.74) is 0. The minimum absolute atomic E-state index is 0.737. The molecule has 15 heavy (non-hydrogen) atoms. The van der Waals surface area contributed by atoms with E-state index in [0.717, 1.165) is 38.1 Å². The topological polar surface area (TPSA) is 18.5 Å². The van der Waals surface area contributed by atoms with Gasteiger partial charge in [-0.15, -0.1) is 13.2 Å². The van der Waals surface area contributed by atoms with E-state index in [2.05, 4.69) is 13.2 Å². The Morgan fingerprint density at radius 3 is 1.60 bits per heavy atom. The Morgan fingerprint density at radius 1 is 0.933 bits per heavy atom. The van der Waals surface area contributed by atoms with Crippen LogP contribution in [0.5, 0.6) is 0 Å². The highest BCUT2D eigenvalue weighted by Crippen LogP contribution is 2.23. The second-order valence-electron chi connectivity index (χ2n) is 3.43. The number of hydrogen-bond acceptors (Lipinski definition) is 2. The molecule has 0 saturated carbocycles. The zero-order valence-electron chi connectivity index (χ0n) is 10.1. The largest absolute Gasteiger partial charge is 0.394 e. The molecule has 0 spiro atoms. The van der Waals surface area contributed by atoms with Crippen molar-refractivity contribution in [3.63, 3.8) is 0 Å². The second kappa shape index (κ2) is 8.89. The lowest BCUT2D eigenvalue weighted by Crippen LogP contribution is -2.42. The summed E-state index contributed by atoms with van der Waals surface area (Å²) in [6.07, 6.45) is 5.83. The first-order chi connectivity index (χ1) is 7.24. The molecule has 0 amide bonds. The lowest BCUT2D eigenvalue weighted by Gasteiger charge is -2.29. The van der Waals surface area contributed by atoms with Crippen LogP contribution in [0.25, 0.3) is 0 Å². The monoisotopic (exact) mass is 228 g/mol. The van der Waals surface area contributed by atoms with E-state index in [0.29, 0.717) is 0 Å². The third kappa shape index (κ3) is 5.92. The molecular formula is C12H24O2Si. The molecule has 0 bridgehead atoms. The van der Waals surface area contributed by atoms with Crippen LogP contribution in [-0.4, -0.2) is 21.8 Å². The predicted octanol–water partition coefficient (Wildman–Crippen LogP) is 3.65. The number of hydrogen-bond donors (Lipinski definition) is 0. The summed E-state index contributed by atoms with van der Waals surface area (Å²) in [6, 6.07) is 2.01.